The van der Waals surface area contributed by atoms with Crippen LogP contribution in [-0.4, -0.2) is 25.6 Å². The van der Waals surface area contributed by atoms with Gasteiger partial charge in [-0.3, -0.25) is 4.79 Å². The third-order valence-corrected chi connectivity index (χ3v) is 3.64. The van der Waals surface area contributed by atoms with Crippen molar-refractivity contribution in [2.45, 2.75) is 31.3 Å². The normalized spacial score (nSPS) is 17.1. The fourth-order valence-corrected chi connectivity index (χ4v) is 2.26. The van der Waals surface area contributed by atoms with Gasteiger partial charge in [-0.1, -0.05) is 6.07 Å². The van der Waals surface area contributed by atoms with Gasteiger partial charge in [0.05, 0.1) is 7.11 Å². The maximum Gasteiger partial charge on any atom is 0.168 e. The van der Waals surface area contributed by atoms with Gasteiger partial charge >= 0.3 is 0 Å². The monoisotopic (exact) mass is 252 g/mol. The van der Waals surface area contributed by atoms with Gasteiger partial charge < -0.3 is 9.47 Å². The zero-order valence-electron chi connectivity index (χ0n) is 10.7. The summed E-state index contributed by atoms with van der Waals surface area (Å²) in [5.41, 5.74) is 0.0257. The molecule has 0 saturated heterocycles. The van der Waals surface area contributed by atoms with Crippen molar-refractivity contribution in [3.05, 3.63) is 29.6 Å². The minimum Gasteiger partial charge on any atom is -0.494 e. The number of Topliss-reactive ketones (excluding diaryl/α,β-unsaturated/α-hetero) is 1. The Hall–Kier alpha value is -1.42. The second-order valence-corrected chi connectivity index (χ2v) is 4.62. The Morgan fingerprint density at radius 1 is 1.39 bits per heavy atom. The van der Waals surface area contributed by atoms with Crippen LogP contribution in [0, 0.1) is 5.82 Å². The molecule has 1 aromatic rings. The van der Waals surface area contributed by atoms with Crippen molar-refractivity contribution in [3.63, 3.8) is 0 Å². The molecular weight excluding hydrogens is 235 g/mol. The first-order valence-electron chi connectivity index (χ1n) is 6.02. The summed E-state index contributed by atoms with van der Waals surface area (Å²) < 4.78 is 23.7. The molecule has 1 saturated carbocycles. The van der Waals surface area contributed by atoms with Crippen LogP contribution in [0.4, 0.5) is 4.39 Å². The molecule has 0 heterocycles. The summed E-state index contributed by atoms with van der Waals surface area (Å²) >= 11 is 0. The molecule has 0 aromatic heterocycles. The number of hydrogen-bond acceptors (Lipinski definition) is 3. The van der Waals surface area contributed by atoms with Gasteiger partial charge in [-0.25, -0.2) is 4.39 Å². The quantitative estimate of drug-likeness (QED) is 0.807. The highest BCUT2D eigenvalue weighted by Gasteiger charge is 2.43. The molecule has 1 aromatic carbocycles. The lowest BCUT2D eigenvalue weighted by Gasteiger charge is -2.38. The van der Waals surface area contributed by atoms with Gasteiger partial charge in [-0.05, 0) is 37.0 Å². The smallest absolute Gasteiger partial charge is 0.168 e. The summed E-state index contributed by atoms with van der Waals surface area (Å²) in [6.45, 7) is 0. The van der Waals surface area contributed by atoms with Gasteiger partial charge in [0.2, 0.25) is 0 Å². The van der Waals surface area contributed by atoms with Crippen LogP contribution in [0.5, 0.6) is 5.75 Å². The van der Waals surface area contributed by atoms with Crippen LogP contribution in [0.3, 0.4) is 0 Å². The Morgan fingerprint density at radius 3 is 2.56 bits per heavy atom. The Bertz CT molecular complexity index is 447. The van der Waals surface area contributed by atoms with E-state index in [-0.39, 0.29) is 18.0 Å². The Labute approximate surface area is 106 Å². The molecule has 0 atom stereocenters. The number of ether oxygens (including phenoxy) is 2. The lowest BCUT2D eigenvalue weighted by Crippen LogP contribution is -2.47. The summed E-state index contributed by atoms with van der Waals surface area (Å²) in [6, 6.07) is 4.60. The summed E-state index contributed by atoms with van der Waals surface area (Å²) in [4.78, 5) is 12.1. The second-order valence-electron chi connectivity index (χ2n) is 4.62. The van der Waals surface area contributed by atoms with Crippen molar-refractivity contribution < 1.29 is 18.7 Å². The van der Waals surface area contributed by atoms with Gasteiger partial charge in [-0.15, -0.1) is 0 Å². The number of rotatable bonds is 5. The largest absolute Gasteiger partial charge is 0.494 e. The molecule has 4 heteroatoms. The van der Waals surface area contributed by atoms with E-state index in [1.807, 2.05) is 0 Å². The van der Waals surface area contributed by atoms with Gasteiger partial charge in [0, 0.05) is 13.5 Å². The van der Waals surface area contributed by atoms with Crippen LogP contribution in [0.1, 0.15) is 24.8 Å². The number of carbonyl (C=O) groups is 1. The lowest BCUT2D eigenvalue weighted by molar-refractivity contribution is -0.151. The van der Waals surface area contributed by atoms with E-state index in [1.54, 1.807) is 13.2 Å². The number of ketones is 1. The van der Waals surface area contributed by atoms with E-state index in [0.29, 0.717) is 5.56 Å². The molecule has 1 aliphatic rings. The average Bonchev–Trinajstić information content (AvgIpc) is 2.28. The van der Waals surface area contributed by atoms with E-state index >= 15 is 0 Å². The van der Waals surface area contributed by atoms with E-state index in [0.717, 1.165) is 19.3 Å². The van der Waals surface area contributed by atoms with Gasteiger partial charge in [0.25, 0.3) is 0 Å². The molecule has 2 rings (SSSR count). The molecule has 18 heavy (non-hydrogen) atoms. The summed E-state index contributed by atoms with van der Waals surface area (Å²) in [6.07, 6.45) is 2.74. The molecule has 0 radical (unpaired) electrons. The first kappa shape index (κ1) is 13.0. The molecular formula is C14H17FO3. The summed E-state index contributed by atoms with van der Waals surface area (Å²) in [5.74, 6) is -0.222. The van der Waals surface area contributed by atoms with Crippen LogP contribution < -0.4 is 4.74 Å². The topological polar surface area (TPSA) is 35.5 Å². The molecule has 0 amide bonds. The molecule has 0 unspecified atom stereocenters. The first-order chi connectivity index (χ1) is 8.61. The molecule has 0 spiro atoms. The highest BCUT2D eigenvalue weighted by molar-refractivity contribution is 5.90. The van der Waals surface area contributed by atoms with Crippen LogP contribution in [-0.2, 0) is 16.0 Å². The Morgan fingerprint density at radius 2 is 2.11 bits per heavy atom. The van der Waals surface area contributed by atoms with Crippen molar-refractivity contribution in [1.29, 1.82) is 0 Å². The van der Waals surface area contributed by atoms with E-state index in [1.165, 1.54) is 19.2 Å². The van der Waals surface area contributed by atoms with Crippen molar-refractivity contribution in [3.8, 4) is 5.75 Å². The first-order valence-corrected chi connectivity index (χ1v) is 6.02. The Kier molecular flexibility index (Phi) is 3.66. The standard InChI is InChI=1S/C14H17FO3/c1-17-12-5-4-10(8-11(12)15)9-13(16)14(18-2)6-3-7-14/h4-5,8H,3,6-7,9H2,1-2H3. The van der Waals surface area contributed by atoms with Crippen LogP contribution >= 0.6 is 0 Å². The SMILES string of the molecule is COc1ccc(CC(=O)C2(OC)CCC2)cc1F. The zero-order chi connectivity index (χ0) is 13.2. The third-order valence-electron chi connectivity index (χ3n) is 3.64. The summed E-state index contributed by atoms with van der Waals surface area (Å²) in [5, 5.41) is 0. The van der Waals surface area contributed by atoms with Crippen molar-refractivity contribution in [2.75, 3.05) is 14.2 Å². The van der Waals surface area contributed by atoms with Crippen molar-refractivity contribution >= 4 is 5.78 Å². The zero-order valence-corrected chi connectivity index (χ0v) is 10.7. The fourth-order valence-electron chi connectivity index (χ4n) is 2.26. The maximum absolute atomic E-state index is 13.5. The third kappa shape index (κ3) is 2.25. The van der Waals surface area contributed by atoms with E-state index < -0.39 is 11.4 Å². The van der Waals surface area contributed by atoms with Crippen LogP contribution in [0.25, 0.3) is 0 Å². The van der Waals surface area contributed by atoms with Gasteiger partial charge in [0.15, 0.2) is 17.3 Å². The summed E-state index contributed by atoms with van der Waals surface area (Å²) in [7, 11) is 2.98. The Balaban J connectivity index is 2.10. The number of methoxy groups -OCH3 is 2. The van der Waals surface area contributed by atoms with Crippen LogP contribution in [0.2, 0.25) is 0 Å². The predicted molar refractivity (Wildman–Crippen MR) is 65.3 cm³/mol. The number of hydrogen-bond donors (Lipinski definition) is 0. The lowest BCUT2D eigenvalue weighted by atomic mass is 9.75. The number of carbonyl (C=O) groups excluding carboxylic acids is 1. The van der Waals surface area contributed by atoms with E-state index in [4.69, 9.17) is 9.47 Å². The fraction of sp³-hybridized carbons (Fsp3) is 0.500. The van der Waals surface area contributed by atoms with Gasteiger partial charge in [0.1, 0.15) is 5.60 Å². The number of benzene rings is 1. The molecule has 1 aliphatic carbocycles. The van der Waals surface area contributed by atoms with E-state index in [9.17, 15) is 9.18 Å². The molecule has 3 nitrogen and oxygen atoms in total. The molecule has 98 valence electrons. The minimum atomic E-state index is -0.629. The second kappa shape index (κ2) is 5.06. The van der Waals surface area contributed by atoms with Crippen molar-refractivity contribution in [1.82, 2.24) is 0 Å². The highest BCUT2D eigenvalue weighted by Crippen LogP contribution is 2.36. The highest BCUT2D eigenvalue weighted by atomic mass is 19.1. The molecule has 0 bridgehead atoms. The molecule has 1 fully saturated rings. The molecule has 0 N–H and O–H groups in total. The average molecular weight is 252 g/mol. The van der Waals surface area contributed by atoms with E-state index in [2.05, 4.69) is 0 Å². The molecule has 0 aliphatic heterocycles. The number of halogens is 1. The predicted octanol–water partition coefficient (Wildman–Crippen LogP) is 2.52. The van der Waals surface area contributed by atoms with Crippen molar-refractivity contribution in [2.24, 2.45) is 0 Å². The maximum atomic E-state index is 13.5. The minimum absolute atomic E-state index is 0.0285. The van der Waals surface area contributed by atoms with Crippen LogP contribution in [0.15, 0.2) is 18.2 Å². The van der Waals surface area contributed by atoms with Gasteiger partial charge in [-0.2, -0.15) is 0 Å².